The largest absolute Gasteiger partial charge is 0.493 e. The Kier molecular flexibility index (Phi) is 7.63. The maximum absolute atomic E-state index is 10.8. The van der Waals surface area contributed by atoms with Gasteiger partial charge >= 0.3 is 5.97 Å². The van der Waals surface area contributed by atoms with Crippen molar-refractivity contribution in [2.45, 2.75) is 32.6 Å². The molecule has 0 aliphatic heterocycles. The van der Waals surface area contributed by atoms with Crippen LogP contribution in [0, 0.1) is 0 Å². The number of hydrogen-bond donors (Lipinski definition) is 2. The van der Waals surface area contributed by atoms with Crippen LogP contribution in [0.2, 0.25) is 0 Å². The number of aliphatic carboxylic acids is 1. The van der Waals surface area contributed by atoms with E-state index in [1.807, 2.05) is 24.3 Å². The van der Waals surface area contributed by atoms with Crippen molar-refractivity contribution in [1.29, 1.82) is 0 Å². The summed E-state index contributed by atoms with van der Waals surface area (Å²) in [5.74, 6) is 0.177. The van der Waals surface area contributed by atoms with E-state index in [9.17, 15) is 4.79 Å². The molecule has 4 aromatic rings. The van der Waals surface area contributed by atoms with E-state index in [2.05, 4.69) is 60.1 Å². The normalized spacial score (nSPS) is 10.9. The van der Waals surface area contributed by atoms with Gasteiger partial charge in [-0.15, -0.1) is 11.3 Å². The number of hydrogen-bond acceptors (Lipinski definition) is 4. The second kappa shape index (κ2) is 11.0. The molecule has 170 valence electrons. The summed E-state index contributed by atoms with van der Waals surface area (Å²) >= 11 is 1.81. The van der Waals surface area contributed by atoms with Crippen LogP contribution in [0.25, 0.3) is 21.2 Å². The lowest BCUT2D eigenvalue weighted by Crippen LogP contribution is -2.08. The fourth-order valence-corrected chi connectivity index (χ4v) is 5.15. The predicted molar refractivity (Wildman–Crippen MR) is 138 cm³/mol. The van der Waals surface area contributed by atoms with Crippen LogP contribution in [-0.4, -0.2) is 24.2 Å². The predicted octanol–water partition coefficient (Wildman–Crippen LogP) is 7.03. The number of rotatable bonds is 11. The van der Waals surface area contributed by atoms with Crippen LogP contribution in [-0.2, 0) is 17.6 Å². The van der Waals surface area contributed by atoms with Crippen molar-refractivity contribution >= 4 is 33.1 Å². The Morgan fingerprint density at radius 1 is 1.03 bits per heavy atom. The summed E-state index contributed by atoms with van der Waals surface area (Å²) in [7, 11) is 0. The van der Waals surface area contributed by atoms with Crippen LogP contribution >= 0.6 is 11.3 Å². The molecule has 1 heterocycles. The van der Waals surface area contributed by atoms with Gasteiger partial charge < -0.3 is 15.2 Å². The molecule has 4 rings (SSSR count). The highest BCUT2D eigenvalue weighted by Gasteiger charge is 2.14. The Morgan fingerprint density at radius 3 is 2.55 bits per heavy atom. The summed E-state index contributed by atoms with van der Waals surface area (Å²) in [4.78, 5) is 10.8. The molecule has 33 heavy (non-hydrogen) atoms. The lowest BCUT2D eigenvalue weighted by atomic mass is 10.0. The fraction of sp³-hybridized carbons (Fsp3) is 0.250. The van der Waals surface area contributed by atoms with Crippen LogP contribution in [0.1, 0.15) is 30.9 Å². The summed E-state index contributed by atoms with van der Waals surface area (Å²) in [6.45, 7) is 3.64. The first kappa shape index (κ1) is 22.9. The molecule has 1 aromatic heterocycles. The Hall–Kier alpha value is -3.31. The molecule has 0 atom stereocenters. The van der Waals surface area contributed by atoms with Crippen molar-refractivity contribution in [2.24, 2.45) is 0 Å². The van der Waals surface area contributed by atoms with Gasteiger partial charge in [-0.3, -0.25) is 4.79 Å². The first-order valence-corrected chi connectivity index (χ1v) is 12.3. The summed E-state index contributed by atoms with van der Waals surface area (Å²) in [6.07, 6.45) is 3.01. The van der Waals surface area contributed by atoms with Crippen molar-refractivity contribution < 1.29 is 14.6 Å². The molecule has 0 unspecified atom stereocenters. The monoisotopic (exact) mass is 459 g/mol. The molecular weight excluding hydrogens is 430 g/mol. The number of fused-ring (bicyclic) bond motifs is 1. The molecule has 3 aromatic carbocycles. The number of ether oxygens (including phenoxy) is 1. The van der Waals surface area contributed by atoms with Crippen molar-refractivity contribution in [1.82, 2.24) is 0 Å². The third-order valence-electron chi connectivity index (χ3n) is 5.60. The average Bonchev–Trinajstić information content (AvgIpc) is 3.26. The maximum Gasteiger partial charge on any atom is 0.307 e. The Labute approximate surface area is 198 Å². The number of benzene rings is 3. The van der Waals surface area contributed by atoms with Crippen LogP contribution in [0.5, 0.6) is 5.75 Å². The van der Waals surface area contributed by atoms with E-state index in [1.165, 1.54) is 26.8 Å². The number of aryl methyl sites for hydroxylation is 1. The van der Waals surface area contributed by atoms with E-state index < -0.39 is 5.97 Å². The smallest absolute Gasteiger partial charge is 0.307 e. The van der Waals surface area contributed by atoms with Crippen molar-refractivity contribution in [2.75, 3.05) is 18.5 Å². The van der Waals surface area contributed by atoms with Gasteiger partial charge in [-0.05, 0) is 53.6 Å². The molecule has 4 nitrogen and oxygen atoms in total. The SMILES string of the molecule is CCCc1c(OCCCNc2ccc(CC(=O)O)cc2)ccc2c(-c3ccccc3)csc12. The van der Waals surface area contributed by atoms with Gasteiger partial charge in [0, 0.05) is 33.4 Å². The molecule has 0 saturated carbocycles. The van der Waals surface area contributed by atoms with Gasteiger partial charge in [0.05, 0.1) is 13.0 Å². The minimum atomic E-state index is -0.813. The first-order chi connectivity index (χ1) is 16.2. The Balaban J connectivity index is 1.37. The van der Waals surface area contributed by atoms with Crippen molar-refractivity contribution in [3.05, 3.63) is 83.2 Å². The summed E-state index contributed by atoms with van der Waals surface area (Å²) in [6, 6.07) is 22.4. The number of anilines is 1. The number of carboxylic acids is 1. The second-order valence-electron chi connectivity index (χ2n) is 8.08. The number of carbonyl (C=O) groups is 1. The molecule has 0 aliphatic rings. The highest BCUT2D eigenvalue weighted by molar-refractivity contribution is 7.18. The quantitative estimate of drug-likeness (QED) is 0.236. The molecule has 0 saturated heterocycles. The van der Waals surface area contributed by atoms with Gasteiger partial charge in [0.2, 0.25) is 0 Å². The van der Waals surface area contributed by atoms with Crippen LogP contribution in [0.3, 0.4) is 0 Å². The summed E-state index contributed by atoms with van der Waals surface area (Å²) in [5.41, 5.74) is 5.65. The van der Waals surface area contributed by atoms with Gasteiger partial charge in [0.15, 0.2) is 0 Å². The lowest BCUT2D eigenvalue weighted by molar-refractivity contribution is -0.136. The number of carboxylic acid groups (broad SMARTS) is 1. The zero-order chi connectivity index (χ0) is 23.0. The molecule has 0 aliphatic carbocycles. The maximum atomic E-state index is 10.8. The highest BCUT2D eigenvalue weighted by atomic mass is 32.1. The molecular formula is C28H29NO3S. The number of nitrogens with one attached hydrogen (secondary N) is 1. The molecule has 0 radical (unpaired) electrons. The molecule has 0 spiro atoms. The molecule has 0 fully saturated rings. The lowest BCUT2D eigenvalue weighted by Gasteiger charge is -2.13. The van der Waals surface area contributed by atoms with Gasteiger partial charge in [-0.2, -0.15) is 0 Å². The minimum absolute atomic E-state index is 0.0512. The molecule has 2 N–H and O–H groups in total. The van der Waals surface area contributed by atoms with E-state index in [-0.39, 0.29) is 6.42 Å². The molecule has 0 amide bonds. The topological polar surface area (TPSA) is 58.6 Å². The summed E-state index contributed by atoms with van der Waals surface area (Å²) in [5, 5.41) is 15.8. The fourth-order valence-electron chi connectivity index (χ4n) is 4.00. The summed E-state index contributed by atoms with van der Waals surface area (Å²) < 4.78 is 7.54. The van der Waals surface area contributed by atoms with Crippen molar-refractivity contribution in [3.63, 3.8) is 0 Å². The van der Waals surface area contributed by atoms with E-state index in [4.69, 9.17) is 9.84 Å². The van der Waals surface area contributed by atoms with E-state index in [0.29, 0.717) is 6.61 Å². The Bertz CT molecular complexity index is 1200. The van der Waals surface area contributed by atoms with Crippen LogP contribution < -0.4 is 10.1 Å². The minimum Gasteiger partial charge on any atom is -0.493 e. The standard InChI is InChI=1S/C28H29NO3S/c1-2-7-24-26(15-14-23-25(19-33-28(23)24)21-8-4-3-5-9-21)32-17-6-16-29-22-12-10-20(11-13-22)18-27(30)31/h3-5,8-15,19,29H,2,6-7,16-18H2,1H3,(H,30,31). The van der Waals surface area contributed by atoms with Crippen LogP contribution in [0.4, 0.5) is 5.69 Å². The highest BCUT2D eigenvalue weighted by Crippen LogP contribution is 2.39. The third kappa shape index (κ3) is 5.74. The average molecular weight is 460 g/mol. The second-order valence-corrected chi connectivity index (χ2v) is 8.96. The first-order valence-electron chi connectivity index (χ1n) is 11.4. The van der Waals surface area contributed by atoms with E-state index in [0.717, 1.165) is 42.8 Å². The van der Waals surface area contributed by atoms with Gasteiger partial charge in [-0.1, -0.05) is 55.8 Å². The molecule has 5 heteroatoms. The third-order valence-corrected chi connectivity index (χ3v) is 6.66. The number of thiophene rings is 1. The van der Waals surface area contributed by atoms with E-state index >= 15 is 0 Å². The van der Waals surface area contributed by atoms with Gasteiger partial charge in [0.1, 0.15) is 5.75 Å². The van der Waals surface area contributed by atoms with Crippen LogP contribution in [0.15, 0.2) is 72.1 Å². The van der Waals surface area contributed by atoms with E-state index in [1.54, 1.807) is 11.3 Å². The molecule has 0 bridgehead atoms. The van der Waals surface area contributed by atoms with Gasteiger partial charge in [0.25, 0.3) is 0 Å². The zero-order valence-electron chi connectivity index (χ0n) is 18.8. The zero-order valence-corrected chi connectivity index (χ0v) is 19.7. The van der Waals surface area contributed by atoms with Crippen molar-refractivity contribution in [3.8, 4) is 16.9 Å². The van der Waals surface area contributed by atoms with Gasteiger partial charge in [-0.25, -0.2) is 0 Å². The Morgan fingerprint density at radius 2 is 1.82 bits per heavy atom.